The quantitative estimate of drug-likeness (QED) is 0.838. The van der Waals surface area contributed by atoms with Crippen LogP contribution in [-0.4, -0.2) is 25.0 Å². The predicted molar refractivity (Wildman–Crippen MR) is 77.3 cm³/mol. The summed E-state index contributed by atoms with van der Waals surface area (Å²) >= 11 is 0. The third kappa shape index (κ3) is 2.39. The Morgan fingerprint density at radius 1 is 1.32 bits per heavy atom. The number of anilines is 1. The van der Waals surface area contributed by atoms with Crippen LogP contribution in [0.2, 0.25) is 0 Å². The number of carbonyl (C=O) groups is 1. The molecule has 0 spiro atoms. The number of rotatable bonds is 1. The third-order valence-electron chi connectivity index (χ3n) is 4.41. The number of para-hydroxylation sites is 1. The monoisotopic (exact) mass is 258 g/mol. The average molecular weight is 258 g/mol. The Morgan fingerprint density at radius 2 is 2.16 bits per heavy atom. The lowest BCUT2D eigenvalue weighted by Gasteiger charge is -2.36. The Kier molecular flexibility index (Phi) is 3.56. The van der Waals surface area contributed by atoms with Crippen molar-refractivity contribution in [2.24, 2.45) is 5.92 Å². The summed E-state index contributed by atoms with van der Waals surface area (Å²) in [6.07, 6.45) is 4.50. The van der Waals surface area contributed by atoms with Gasteiger partial charge in [0.1, 0.15) is 0 Å². The second kappa shape index (κ2) is 5.33. The van der Waals surface area contributed by atoms with Crippen molar-refractivity contribution in [2.45, 2.75) is 38.6 Å². The highest BCUT2D eigenvalue weighted by molar-refractivity contribution is 5.98. The van der Waals surface area contributed by atoms with E-state index in [2.05, 4.69) is 30.4 Å². The van der Waals surface area contributed by atoms with Crippen LogP contribution in [0.15, 0.2) is 24.3 Å². The van der Waals surface area contributed by atoms with Crippen molar-refractivity contribution in [1.29, 1.82) is 0 Å². The van der Waals surface area contributed by atoms with E-state index >= 15 is 0 Å². The first-order valence-corrected chi connectivity index (χ1v) is 7.40. The van der Waals surface area contributed by atoms with Crippen molar-refractivity contribution in [1.82, 2.24) is 5.32 Å². The Balaban J connectivity index is 1.84. The van der Waals surface area contributed by atoms with Crippen LogP contribution < -0.4 is 10.2 Å². The molecule has 2 atom stereocenters. The van der Waals surface area contributed by atoms with Crippen molar-refractivity contribution in [3.63, 3.8) is 0 Å². The zero-order chi connectivity index (χ0) is 13.2. The molecule has 1 fully saturated rings. The zero-order valence-corrected chi connectivity index (χ0v) is 11.6. The van der Waals surface area contributed by atoms with Gasteiger partial charge in [-0.25, -0.2) is 0 Å². The molecule has 19 heavy (non-hydrogen) atoms. The van der Waals surface area contributed by atoms with Crippen molar-refractivity contribution in [2.75, 3.05) is 18.0 Å². The average Bonchev–Trinajstić information content (AvgIpc) is 2.46. The second-order valence-corrected chi connectivity index (χ2v) is 5.77. The van der Waals surface area contributed by atoms with Crippen LogP contribution in [0.4, 0.5) is 5.69 Å². The molecule has 1 amide bonds. The molecule has 2 unspecified atom stereocenters. The highest BCUT2D eigenvalue weighted by Crippen LogP contribution is 2.28. The second-order valence-electron chi connectivity index (χ2n) is 5.77. The van der Waals surface area contributed by atoms with Gasteiger partial charge in [0.25, 0.3) is 0 Å². The van der Waals surface area contributed by atoms with E-state index in [1.54, 1.807) is 0 Å². The molecule has 3 nitrogen and oxygen atoms in total. The molecule has 102 valence electrons. The minimum absolute atomic E-state index is 0.0000869. The number of piperidine rings is 1. The van der Waals surface area contributed by atoms with E-state index in [9.17, 15) is 4.79 Å². The van der Waals surface area contributed by atoms with Gasteiger partial charge in [-0.1, -0.05) is 25.1 Å². The summed E-state index contributed by atoms with van der Waals surface area (Å²) < 4.78 is 0. The number of hydrogen-bond donors (Lipinski definition) is 1. The van der Waals surface area contributed by atoms with Gasteiger partial charge in [-0.3, -0.25) is 4.79 Å². The first-order valence-electron chi connectivity index (χ1n) is 7.40. The number of nitrogens with zero attached hydrogens (tertiary/aromatic N) is 1. The fourth-order valence-electron chi connectivity index (χ4n) is 3.31. The first kappa shape index (κ1) is 12.7. The summed E-state index contributed by atoms with van der Waals surface area (Å²) in [5, 5.41) is 3.41. The van der Waals surface area contributed by atoms with Crippen molar-refractivity contribution >= 4 is 11.6 Å². The highest BCUT2D eigenvalue weighted by atomic mass is 16.2. The summed E-state index contributed by atoms with van der Waals surface area (Å²) in [6, 6.07) is 8.32. The molecule has 0 aliphatic carbocycles. The maximum Gasteiger partial charge on any atom is 0.244 e. The molecule has 1 N–H and O–H groups in total. The smallest absolute Gasteiger partial charge is 0.244 e. The van der Waals surface area contributed by atoms with Crippen molar-refractivity contribution in [3.8, 4) is 0 Å². The van der Waals surface area contributed by atoms with Crippen LogP contribution in [0.25, 0.3) is 0 Å². The van der Waals surface area contributed by atoms with Crippen LogP contribution >= 0.6 is 0 Å². The number of carbonyl (C=O) groups excluding carboxylic acids is 1. The fraction of sp³-hybridized carbons (Fsp3) is 0.562. The number of fused-ring (bicyclic) bond motifs is 1. The summed E-state index contributed by atoms with van der Waals surface area (Å²) in [5.74, 6) is 0.703. The third-order valence-corrected chi connectivity index (χ3v) is 4.41. The van der Waals surface area contributed by atoms with Gasteiger partial charge in [-0.05, 0) is 49.8 Å². The van der Waals surface area contributed by atoms with Gasteiger partial charge in [0.05, 0.1) is 6.04 Å². The Hall–Kier alpha value is -1.35. The van der Waals surface area contributed by atoms with E-state index in [4.69, 9.17) is 0 Å². The molecule has 1 aromatic rings. The lowest BCUT2D eigenvalue weighted by Crippen LogP contribution is -2.53. The summed E-state index contributed by atoms with van der Waals surface area (Å²) in [5.41, 5.74) is 2.43. The lowest BCUT2D eigenvalue weighted by molar-refractivity contribution is -0.122. The molecule has 0 saturated carbocycles. The molecule has 0 bridgehead atoms. The van der Waals surface area contributed by atoms with Gasteiger partial charge in [-0.2, -0.15) is 0 Å². The minimum Gasteiger partial charge on any atom is -0.311 e. The van der Waals surface area contributed by atoms with Crippen LogP contribution in [-0.2, 0) is 11.2 Å². The van der Waals surface area contributed by atoms with E-state index in [0.29, 0.717) is 5.92 Å². The molecule has 2 aliphatic rings. The van der Waals surface area contributed by atoms with Crippen LogP contribution in [0.5, 0.6) is 0 Å². The van der Waals surface area contributed by atoms with Crippen molar-refractivity contribution < 1.29 is 4.79 Å². The summed E-state index contributed by atoms with van der Waals surface area (Å²) in [7, 11) is 0. The number of amides is 1. The first-order chi connectivity index (χ1) is 9.27. The van der Waals surface area contributed by atoms with Gasteiger partial charge in [0.2, 0.25) is 5.91 Å². The zero-order valence-electron chi connectivity index (χ0n) is 11.6. The molecule has 2 aliphatic heterocycles. The number of nitrogens with one attached hydrogen (secondary N) is 1. The molecule has 3 heteroatoms. The van der Waals surface area contributed by atoms with Crippen molar-refractivity contribution in [3.05, 3.63) is 29.8 Å². The molecule has 1 aromatic carbocycles. The number of benzene rings is 1. The van der Waals surface area contributed by atoms with Crippen LogP contribution in [0.3, 0.4) is 0 Å². The minimum atomic E-state index is -0.0000869. The van der Waals surface area contributed by atoms with E-state index in [-0.39, 0.29) is 11.9 Å². The van der Waals surface area contributed by atoms with Gasteiger partial charge >= 0.3 is 0 Å². The highest BCUT2D eigenvalue weighted by Gasteiger charge is 2.33. The van der Waals surface area contributed by atoms with Gasteiger partial charge in [0, 0.05) is 12.2 Å². The summed E-state index contributed by atoms with van der Waals surface area (Å²) in [4.78, 5) is 14.8. The maximum atomic E-state index is 12.8. The fourth-order valence-corrected chi connectivity index (χ4v) is 3.31. The molecule has 1 saturated heterocycles. The van der Waals surface area contributed by atoms with Gasteiger partial charge in [-0.15, -0.1) is 0 Å². The normalized spacial score (nSPS) is 26.9. The topological polar surface area (TPSA) is 32.3 Å². The van der Waals surface area contributed by atoms with E-state index in [0.717, 1.165) is 38.0 Å². The summed E-state index contributed by atoms with van der Waals surface area (Å²) in [6.45, 7) is 4.02. The number of hydrogen-bond acceptors (Lipinski definition) is 2. The van der Waals surface area contributed by atoms with E-state index in [1.165, 1.54) is 12.0 Å². The lowest BCUT2D eigenvalue weighted by atomic mass is 9.90. The molecule has 2 heterocycles. The predicted octanol–water partition coefficient (Wildman–Crippen LogP) is 2.35. The standard InChI is InChI=1S/C16H22N2O/c1-12-6-4-10-17-15(12)16(19)18-11-5-8-13-7-2-3-9-14(13)18/h2-3,7,9,12,15,17H,4-6,8,10-11H2,1H3. The van der Waals surface area contributed by atoms with Crippen LogP contribution in [0, 0.1) is 5.92 Å². The molecule has 0 aromatic heterocycles. The largest absolute Gasteiger partial charge is 0.311 e. The van der Waals surface area contributed by atoms with Gasteiger partial charge < -0.3 is 10.2 Å². The molecular weight excluding hydrogens is 236 g/mol. The number of aryl methyl sites for hydroxylation is 1. The maximum absolute atomic E-state index is 12.8. The Morgan fingerprint density at radius 3 is 3.00 bits per heavy atom. The van der Waals surface area contributed by atoms with E-state index < -0.39 is 0 Å². The van der Waals surface area contributed by atoms with Gasteiger partial charge in [0.15, 0.2) is 0 Å². The molecule has 3 rings (SSSR count). The Labute approximate surface area is 115 Å². The molecular formula is C16H22N2O. The SMILES string of the molecule is CC1CCCNC1C(=O)N1CCCc2ccccc21. The molecule has 0 radical (unpaired) electrons. The Bertz CT molecular complexity index is 472. The van der Waals surface area contributed by atoms with Crippen LogP contribution in [0.1, 0.15) is 31.7 Å². The van der Waals surface area contributed by atoms with E-state index in [1.807, 2.05) is 11.0 Å².